The largest absolute Gasteiger partial charge is 0.356 e. The number of aromatic nitrogens is 1. The highest BCUT2D eigenvalue weighted by Crippen LogP contribution is 2.10. The molecule has 0 fully saturated rings. The van der Waals surface area contributed by atoms with E-state index in [2.05, 4.69) is 57.9 Å². The summed E-state index contributed by atoms with van der Waals surface area (Å²) < 4.78 is 0. The van der Waals surface area contributed by atoms with Gasteiger partial charge in [0.2, 0.25) is 0 Å². The molecule has 1 unspecified atom stereocenters. The molecule has 6 heteroatoms. The van der Waals surface area contributed by atoms with E-state index in [9.17, 15) is 0 Å². The lowest BCUT2D eigenvalue weighted by Crippen LogP contribution is -2.49. The van der Waals surface area contributed by atoms with Crippen molar-refractivity contribution in [2.24, 2.45) is 10.9 Å². The van der Waals surface area contributed by atoms with Crippen LogP contribution >= 0.6 is 11.3 Å². The minimum absolute atomic E-state index is 0.385. The predicted octanol–water partition coefficient (Wildman–Crippen LogP) is 2.86. The molecule has 0 bridgehead atoms. The highest BCUT2D eigenvalue weighted by Gasteiger charge is 2.20. The fourth-order valence-corrected chi connectivity index (χ4v) is 3.36. The summed E-state index contributed by atoms with van der Waals surface area (Å²) in [6.45, 7) is 17.6. The minimum atomic E-state index is 0.385. The van der Waals surface area contributed by atoms with Gasteiger partial charge in [0, 0.05) is 51.1 Å². The molecule has 25 heavy (non-hydrogen) atoms. The summed E-state index contributed by atoms with van der Waals surface area (Å²) in [5, 5.41) is 10.0. The second-order valence-corrected chi connectivity index (χ2v) is 7.39. The highest BCUT2D eigenvalue weighted by molar-refractivity contribution is 7.09. The van der Waals surface area contributed by atoms with Crippen LogP contribution in [0.2, 0.25) is 0 Å². The van der Waals surface area contributed by atoms with Gasteiger partial charge in [-0.1, -0.05) is 26.0 Å². The molecule has 0 aliphatic carbocycles. The van der Waals surface area contributed by atoms with Crippen molar-refractivity contribution in [3.05, 3.63) is 41.4 Å². The van der Waals surface area contributed by atoms with Gasteiger partial charge in [-0.25, -0.2) is 4.98 Å². The monoisotopic (exact) mass is 363 g/mol. The fourth-order valence-electron chi connectivity index (χ4n) is 2.72. The predicted molar refractivity (Wildman–Crippen MR) is 111 cm³/mol. The number of nitrogens with zero attached hydrogens (tertiary/aromatic N) is 3. The molecule has 0 radical (unpaired) electrons. The maximum Gasteiger partial charge on any atom is 0.191 e. The second kappa shape index (κ2) is 11.8. The quantitative estimate of drug-likeness (QED) is 0.361. The van der Waals surface area contributed by atoms with Crippen LogP contribution in [-0.2, 0) is 6.42 Å². The smallest absolute Gasteiger partial charge is 0.191 e. The average Bonchev–Trinajstić information content (AvgIpc) is 2.98. The van der Waals surface area contributed by atoms with Crippen LogP contribution in [0.5, 0.6) is 0 Å². The Balaban J connectivity index is 2.51. The van der Waals surface area contributed by atoms with Crippen molar-refractivity contribution in [3.8, 4) is 0 Å². The van der Waals surface area contributed by atoms with Gasteiger partial charge in [-0.05, 0) is 12.8 Å². The van der Waals surface area contributed by atoms with Crippen molar-refractivity contribution >= 4 is 17.3 Å². The van der Waals surface area contributed by atoms with E-state index in [1.807, 2.05) is 19.1 Å². The first kappa shape index (κ1) is 21.4. The van der Waals surface area contributed by atoms with Crippen molar-refractivity contribution < 1.29 is 0 Å². The topological polar surface area (TPSA) is 52.5 Å². The Morgan fingerprint density at radius 2 is 2.00 bits per heavy atom. The Labute approximate surface area is 157 Å². The van der Waals surface area contributed by atoms with Gasteiger partial charge in [0.25, 0.3) is 0 Å². The molecule has 1 atom stereocenters. The minimum Gasteiger partial charge on any atom is -0.356 e. The first-order chi connectivity index (χ1) is 12.0. The highest BCUT2D eigenvalue weighted by atomic mass is 32.1. The van der Waals surface area contributed by atoms with Crippen molar-refractivity contribution in [1.29, 1.82) is 0 Å². The molecule has 1 aromatic heterocycles. The van der Waals surface area contributed by atoms with Gasteiger partial charge in [0.05, 0.1) is 10.7 Å². The molecule has 0 amide bonds. The van der Waals surface area contributed by atoms with E-state index in [0.717, 1.165) is 49.3 Å². The maximum absolute atomic E-state index is 4.49. The normalized spacial score (nSPS) is 13.1. The third kappa shape index (κ3) is 7.84. The average molecular weight is 364 g/mol. The summed E-state index contributed by atoms with van der Waals surface area (Å²) in [7, 11) is 1.80. The fraction of sp³-hybridized carbons (Fsp3) is 0.579. The molecule has 0 aromatic carbocycles. The Morgan fingerprint density at radius 1 is 1.32 bits per heavy atom. The molecule has 2 N–H and O–H groups in total. The van der Waals surface area contributed by atoms with E-state index in [4.69, 9.17) is 0 Å². The van der Waals surface area contributed by atoms with Crippen LogP contribution in [0.4, 0.5) is 0 Å². The van der Waals surface area contributed by atoms with E-state index in [1.165, 1.54) is 0 Å². The maximum atomic E-state index is 4.49. The number of aliphatic imine (C=N–C) groups is 1. The third-order valence-electron chi connectivity index (χ3n) is 4.01. The zero-order valence-electron chi connectivity index (χ0n) is 16.1. The molecule has 1 rings (SSSR count). The summed E-state index contributed by atoms with van der Waals surface area (Å²) in [5.41, 5.74) is 1.13. The molecule has 0 aliphatic heterocycles. The molecule has 1 aromatic rings. The molecule has 0 aliphatic rings. The Bertz CT molecular complexity index is 540. The number of thiazole rings is 1. The first-order valence-electron chi connectivity index (χ1n) is 8.83. The number of aryl methyl sites for hydroxylation is 1. The Kier molecular flexibility index (Phi) is 10.1. The number of guanidine groups is 1. The summed E-state index contributed by atoms with van der Waals surface area (Å²) >= 11 is 1.69. The molecule has 1 heterocycles. The standard InChI is InChI=1S/C19H33N5S/c1-7-11-24(12-8-2)18(15(3)4)13-22-19(20-6)21-10-9-17-14-25-16(5)23-17/h7-8,14-15,18H,1-2,9-13H2,3-6H3,(H2,20,21,22). The summed E-state index contributed by atoms with van der Waals surface area (Å²) in [4.78, 5) is 11.2. The van der Waals surface area contributed by atoms with Crippen LogP contribution in [0.15, 0.2) is 35.7 Å². The van der Waals surface area contributed by atoms with Crippen LogP contribution in [-0.4, -0.2) is 55.1 Å². The van der Waals surface area contributed by atoms with Crippen molar-refractivity contribution in [2.45, 2.75) is 33.2 Å². The van der Waals surface area contributed by atoms with Crippen LogP contribution in [0.1, 0.15) is 24.5 Å². The summed E-state index contributed by atoms with van der Waals surface area (Å²) in [6.07, 6.45) is 4.79. The van der Waals surface area contributed by atoms with Crippen LogP contribution in [0.25, 0.3) is 0 Å². The van der Waals surface area contributed by atoms with Gasteiger partial charge >= 0.3 is 0 Å². The van der Waals surface area contributed by atoms with Crippen LogP contribution < -0.4 is 10.6 Å². The Hall–Kier alpha value is -1.66. The van der Waals surface area contributed by atoms with E-state index < -0.39 is 0 Å². The van der Waals surface area contributed by atoms with E-state index >= 15 is 0 Å². The Morgan fingerprint density at radius 3 is 2.48 bits per heavy atom. The first-order valence-corrected chi connectivity index (χ1v) is 9.71. The molecule has 0 saturated heterocycles. The lowest BCUT2D eigenvalue weighted by molar-refractivity contribution is 0.190. The van der Waals surface area contributed by atoms with Gasteiger partial charge in [-0.3, -0.25) is 9.89 Å². The molecule has 0 saturated carbocycles. The van der Waals surface area contributed by atoms with Gasteiger partial charge in [0.1, 0.15) is 0 Å². The lowest BCUT2D eigenvalue weighted by atomic mass is 10.0. The van der Waals surface area contributed by atoms with E-state index in [-0.39, 0.29) is 0 Å². The van der Waals surface area contributed by atoms with Gasteiger partial charge in [0.15, 0.2) is 5.96 Å². The van der Waals surface area contributed by atoms with Crippen molar-refractivity contribution in [1.82, 2.24) is 20.5 Å². The van der Waals surface area contributed by atoms with Gasteiger partial charge < -0.3 is 10.6 Å². The van der Waals surface area contributed by atoms with Crippen LogP contribution in [0.3, 0.4) is 0 Å². The number of hydrogen-bond donors (Lipinski definition) is 2. The van der Waals surface area contributed by atoms with Crippen molar-refractivity contribution in [3.63, 3.8) is 0 Å². The number of hydrogen-bond acceptors (Lipinski definition) is 4. The van der Waals surface area contributed by atoms with E-state index in [1.54, 1.807) is 18.4 Å². The number of nitrogens with one attached hydrogen (secondary N) is 2. The summed E-state index contributed by atoms with van der Waals surface area (Å²) in [6, 6.07) is 0.385. The molecule has 140 valence electrons. The SMILES string of the molecule is C=CCN(CC=C)C(CNC(=NC)NCCc1csc(C)n1)C(C)C. The molecule has 5 nitrogen and oxygen atoms in total. The second-order valence-electron chi connectivity index (χ2n) is 6.33. The molecular weight excluding hydrogens is 330 g/mol. The van der Waals surface area contributed by atoms with Crippen LogP contribution in [0, 0.1) is 12.8 Å². The number of rotatable bonds is 11. The van der Waals surface area contributed by atoms with Crippen molar-refractivity contribution in [2.75, 3.05) is 33.2 Å². The zero-order chi connectivity index (χ0) is 18.7. The van der Waals surface area contributed by atoms with Gasteiger partial charge in [-0.15, -0.1) is 24.5 Å². The zero-order valence-corrected chi connectivity index (χ0v) is 16.9. The third-order valence-corrected chi connectivity index (χ3v) is 4.83. The lowest BCUT2D eigenvalue weighted by Gasteiger charge is -2.33. The van der Waals surface area contributed by atoms with Gasteiger partial charge in [-0.2, -0.15) is 0 Å². The molecular formula is C19H33N5S. The summed E-state index contributed by atoms with van der Waals surface area (Å²) in [5.74, 6) is 1.35. The van der Waals surface area contributed by atoms with E-state index in [0.29, 0.717) is 12.0 Å². The molecule has 0 spiro atoms.